The number of hydrogen-bond donors (Lipinski definition) is 0. The van der Waals surface area contributed by atoms with Crippen LogP contribution in [-0.4, -0.2) is 50.9 Å². The second-order valence-electron chi connectivity index (χ2n) is 8.87. The van der Waals surface area contributed by atoms with Crippen LogP contribution in [0.1, 0.15) is 25.8 Å². The van der Waals surface area contributed by atoms with E-state index in [4.69, 9.17) is 23.2 Å². The fraction of sp³-hybridized carbons (Fsp3) is 0.571. The number of halogens is 2. The Bertz CT molecular complexity index is 906. The zero-order chi connectivity index (χ0) is 21.6. The zero-order valence-electron chi connectivity index (χ0n) is 17.2. The molecule has 0 N–H and O–H groups in total. The Hall–Kier alpha value is -1.24. The maximum atomic E-state index is 13.5. The summed E-state index contributed by atoms with van der Waals surface area (Å²) in [6.45, 7) is 4.43. The van der Waals surface area contributed by atoms with Crippen molar-refractivity contribution in [2.24, 2.45) is 17.3 Å². The molecule has 1 aliphatic carbocycles. The molecule has 0 unspecified atom stereocenters. The molecular formula is C21H28Cl2N2O3S. The highest BCUT2D eigenvalue weighted by molar-refractivity contribution is 7.91. The summed E-state index contributed by atoms with van der Waals surface area (Å²) < 4.78 is 24.3. The Balaban J connectivity index is 1.86. The van der Waals surface area contributed by atoms with Crippen LogP contribution in [0.2, 0.25) is 0 Å². The summed E-state index contributed by atoms with van der Waals surface area (Å²) in [5, 5.41) is 0. The third-order valence-electron chi connectivity index (χ3n) is 6.22. The van der Waals surface area contributed by atoms with Gasteiger partial charge in [-0.05, 0) is 41.5 Å². The van der Waals surface area contributed by atoms with Crippen LogP contribution in [0, 0.1) is 17.3 Å². The second-order valence-corrected chi connectivity index (χ2v) is 12.1. The number of carbonyl (C=O) groups excluding carboxylic acids is 1. The van der Waals surface area contributed by atoms with Gasteiger partial charge in [0.05, 0.1) is 17.4 Å². The average molecular weight is 459 g/mol. The lowest BCUT2D eigenvalue weighted by Crippen LogP contribution is -2.42. The van der Waals surface area contributed by atoms with Crippen LogP contribution in [0.3, 0.4) is 0 Å². The maximum Gasteiger partial charge on any atom is 0.227 e. The van der Waals surface area contributed by atoms with E-state index in [0.29, 0.717) is 13.0 Å². The minimum absolute atomic E-state index is 0.0235. The molecule has 5 nitrogen and oxygen atoms in total. The summed E-state index contributed by atoms with van der Waals surface area (Å²) in [6.07, 6.45) is 2.20. The van der Waals surface area contributed by atoms with Gasteiger partial charge < -0.3 is 9.80 Å². The third-order valence-corrected chi connectivity index (χ3v) is 8.22. The first-order valence-electron chi connectivity index (χ1n) is 9.72. The van der Waals surface area contributed by atoms with Gasteiger partial charge in [0.2, 0.25) is 5.91 Å². The van der Waals surface area contributed by atoms with E-state index < -0.39 is 9.84 Å². The Labute approximate surface area is 183 Å². The summed E-state index contributed by atoms with van der Waals surface area (Å²) in [5.41, 5.74) is 1.80. The monoisotopic (exact) mass is 458 g/mol. The lowest BCUT2D eigenvalue weighted by molar-refractivity contribution is -0.136. The first-order chi connectivity index (χ1) is 13.4. The molecule has 29 heavy (non-hydrogen) atoms. The molecule has 1 heterocycles. The Morgan fingerprint density at radius 1 is 1.21 bits per heavy atom. The van der Waals surface area contributed by atoms with Crippen molar-refractivity contribution in [1.82, 2.24) is 4.90 Å². The molecule has 1 saturated heterocycles. The minimum atomic E-state index is -3.11. The van der Waals surface area contributed by atoms with Gasteiger partial charge >= 0.3 is 0 Å². The van der Waals surface area contributed by atoms with E-state index in [1.807, 2.05) is 57.1 Å². The van der Waals surface area contributed by atoms with Crippen LogP contribution in [0.15, 0.2) is 34.8 Å². The number of amides is 1. The maximum absolute atomic E-state index is 13.5. The van der Waals surface area contributed by atoms with E-state index in [0.717, 1.165) is 11.3 Å². The first-order valence-corrected chi connectivity index (χ1v) is 12.3. The molecule has 1 aromatic carbocycles. The van der Waals surface area contributed by atoms with Crippen LogP contribution in [0.5, 0.6) is 0 Å². The van der Waals surface area contributed by atoms with Crippen molar-refractivity contribution in [2.45, 2.75) is 32.9 Å². The Morgan fingerprint density at radius 3 is 2.31 bits per heavy atom. The molecular weight excluding hydrogens is 431 g/mol. The molecule has 1 amide bonds. The highest BCUT2D eigenvalue weighted by Gasteiger charge is 2.62. The molecule has 0 radical (unpaired) electrons. The summed E-state index contributed by atoms with van der Waals surface area (Å²) in [7, 11) is 0.837. The van der Waals surface area contributed by atoms with E-state index in [1.165, 1.54) is 0 Å². The molecule has 1 aliphatic heterocycles. The fourth-order valence-electron chi connectivity index (χ4n) is 4.28. The van der Waals surface area contributed by atoms with Gasteiger partial charge in [0, 0.05) is 32.4 Å². The Kier molecular flexibility index (Phi) is 6.29. The molecule has 0 aromatic heterocycles. The lowest BCUT2D eigenvalue weighted by Gasteiger charge is -2.29. The number of hydrogen-bond acceptors (Lipinski definition) is 4. The largest absolute Gasteiger partial charge is 0.378 e. The van der Waals surface area contributed by atoms with Crippen molar-refractivity contribution in [2.75, 3.05) is 30.5 Å². The number of allylic oxidation sites excluding steroid dienone is 1. The van der Waals surface area contributed by atoms with Crippen molar-refractivity contribution in [1.29, 1.82) is 0 Å². The predicted molar refractivity (Wildman–Crippen MR) is 119 cm³/mol. The van der Waals surface area contributed by atoms with Gasteiger partial charge in [-0.1, -0.05) is 49.2 Å². The van der Waals surface area contributed by atoms with Gasteiger partial charge in [0.1, 0.15) is 4.49 Å². The van der Waals surface area contributed by atoms with E-state index in [-0.39, 0.29) is 45.2 Å². The van der Waals surface area contributed by atoms with Gasteiger partial charge in [-0.3, -0.25) is 4.79 Å². The van der Waals surface area contributed by atoms with Crippen LogP contribution < -0.4 is 4.90 Å². The average Bonchev–Trinajstić information content (AvgIpc) is 2.94. The Morgan fingerprint density at radius 2 is 1.83 bits per heavy atom. The molecule has 2 aliphatic rings. The molecule has 1 saturated carbocycles. The van der Waals surface area contributed by atoms with Crippen molar-refractivity contribution in [3.05, 3.63) is 40.4 Å². The molecule has 1 aromatic rings. The molecule has 160 valence electrons. The smallest absolute Gasteiger partial charge is 0.227 e. The molecule has 3 atom stereocenters. The number of carbonyl (C=O) groups is 1. The van der Waals surface area contributed by atoms with Crippen LogP contribution in [-0.2, 0) is 21.2 Å². The SMILES string of the molecule is CN(C)c1ccc(CN(C(=O)[C@H]2[C@@H](C=C(Cl)Cl)C2(C)C)[C@@H]2CCS(=O)(=O)C2)cc1. The van der Waals surface area contributed by atoms with Crippen molar-refractivity contribution in [3.63, 3.8) is 0 Å². The molecule has 2 fully saturated rings. The van der Waals surface area contributed by atoms with Gasteiger partial charge in [0.15, 0.2) is 9.84 Å². The summed E-state index contributed by atoms with van der Waals surface area (Å²) in [6, 6.07) is 7.69. The summed E-state index contributed by atoms with van der Waals surface area (Å²) in [5.74, 6) is -0.162. The minimum Gasteiger partial charge on any atom is -0.378 e. The zero-order valence-corrected chi connectivity index (χ0v) is 19.6. The van der Waals surface area contributed by atoms with E-state index in [9.17, 15) is 13.2 Å². The second kappa shape index (κ2) is 8.12. The molecule has 0 bridgehead atoms. The first kappa shape index (κ1) is 22.4. The van der Waals surface area contributed by atoms with E-state index in [1.54, 1.807) is 11.0 Å². The lowest BCUT2D eigenvalue weighted by atomic mass is 10.1. The quantitative estimate of drug-likeness (QED) is 0.649. The van der Waals surface area contributed by atoms with E-state index in [2.05, 4.69) is 0 Å². The fourth-order valence-corrected chi connectivity index (χ4v) is 6.28. The van der Waals surface area contributed by atoms with Gasteiger partial charge in [-0.15, -0.1) is 0 Å². The summed E-state index contributed by atoms with van der Waals surface area (Å²) in [4.78, 5) is 17.3. The van der Waals surface area contributed by atoms with Gasteiger partial charge in [0.25, 0.3) is 0 Å². The van der Waals surface area contributed by atoms with Crippen LogP contribution >= 0.6 is 23.2 Å². The van der Waals surface area contributed by atoms with E-state index >= 15 is 0 Å². The van der Waals surface area contributed by atoms with Crippen molar-refractivity contribution in [3.8, 4) is 0 Å². The van der Waals surface area contributed by atoms with Gasteiger partial charge in [-0.25, -0.2) is 8.42 Å². The number of nitrogens with zero attached hydrogens (tertiary/aromatic N) is 2. The number of rotatable bonds is 6. The highest BCUT2D eigenvalue weighted by atomic mass is 35.5. The van der Waals surface area contributed by atoms with Crippen LogP contribution in [0.25, 0.3) is 0 Å². The number of benzene rings is 1. The third kappa shape index (κ3) is 4.92. The normalized spacial score (nSPS) is 26.6. The van der Waals surface area contributed by atoms with Crippen molar-refractivity contribution < 1.29 is 13.2 Å². The van der Waals surface area contributed by atoms with Crippen LogP contribution in [0.4, 0.5) is 5.69 Å². The topological polar surface area (TPSA) is 57.7 Å². The van der Waals surface area contributed by atoms with Crippen molar-refractivity contribution >= 4 is 44.6 Å². The highest BCUT2D eigenvalue weighted by Crippen LogP contribution is 2.60. The molecule has 3 rings (SSSR count). The molecule has 8 heteroatoms. The number of sulfone groups is 1. The standard InChI is InChI=1S/C21H28Cl2N2O3S/c1-21(2)17(11-18(22)23)19(21)20(26)25(16-9-10-29(27,28)13-16)12-14-5-7-15(8-6-14)24(3)4/h5-8,11,16-17,19H,9-10,12-13H2,1-4H3/t16-,17-,19-/m1/s1. The summed E-state index contributed by atoms with van der Waals surface area (Å²) >= 11 is 11.7. The predicted octanol–water partition coefficient (Wildman–Crippen LogP) is 3.86. The number of anilines is 1. The molecule has 0 spiro atoms. The van der Waals surface area contributed by atoms with Gasteiger partial charge in [-0.2, -0.15) is 0 Å².